The van der Waals surface area contributed by atoms with Gasteiger partial charge in [-0.25, -0.2) is 4.79 Å². The van der Waals surface area contributed by atoms with Crippen LogP contribution < -0.4 is 10.6 Å². The molecule has 0 saturated heterocycles. The van der Waals surface area contributed by atoms with E-state index in [1.54, 1.807) is 0 Å². The number of nitrogens with zero attached hydrogens (tertiary/aromatic N) is 1. The fourth-order valence-electron chi connectivity index (χ4n) is 1.97. The van der Waals surface area contributed by atoms with E-state index in [1.165, 1.54) is 19.2 Å². The van der Waals surface area contributed by atoms with Crippen LogP contribution in [0, 0.1) is 10.1 Å². The molecule has 0 atom stereocenters. The molecule has 144 valence electrons. The maximum Gasteiger partial charge on any atom is 0.341 e. The fraction of sp³-hybridized carbons (Fsp3) is 0.529. The van der Waals surface area contributed by atoms with Gasteiger partial charge >= 0.3 is 5.97 Å². The zero-order chi connectivity index (χ0) is 19.7. The Bertz CT molecular complexity index is 660. The van der Waals surface area contributed by atoms with Gasteiger partial charge in [0.05, 0.1) is 17.1 Å². The van der Waals surface area contributed by atoms with Crippen molar-refractivity contribution in [3.05, 3.63) is 33.9 Å². The number of non-ortho nitro benzene ring substituents is 1. The van der Waals surface area contributed by atoms with Crippen molar-refractivity contribution >= 4 is 23.3 Å². The van der Waals surface area contributed by atoms with Crippen molar-refractivity contribution in [2.45, 2.75) is 32.7 Å². The molecule has 0 aliphatic heterocycles. The Morgan fingerprint density at radius 1 is 1.31 bits per heavy atom. The summed E-state index contributed by atoms with van der Waals surface area (Å²) < 4.78 is 9.94. The molecule has 26 heavy (non-hydrogen) atoms. The number of nitrogens with one attached hydrogen (secondary N) is 2. The molecule has 0 unspecified atom stereocenters. The third kappa shape index (κ3) is 6.67. The number of nitro benzene ring substituents is 1. The summed E-state index contributed by atoms with van der Waals surface area (Å²) in [7, 11) is 1.53. The molecule has 0 bridgehead atoms. The Morgan fingerprint density at radius 3 is 2.58 bits per heavy atom. The minimum atomic E-state index is -0.821. The van der Waals surface area contributed by atoms with Crippen LogP contribution in [0.15, 0.2) is 18.2 Å². The summed E-state index contributed by atoms with van der Waals surface area (Å²) in [5.74, 6) is -1.26. The van der Waals surface area contributed by atoms with E-state index in [9.17, 15) is 19.7 Å². The monoisotopic (exact) mass is 367 g/mol. The van der Waals surface area contributed by atoms with E-state index in [2.05, 4.69) is 10.6 Å². The largest absolute Gasteiger partial charge is 0.452 e. The summed E-state index contributed by atoms with van der Waals surface area (Å²) in [4.78, 5) is 34.6. The number of rotatable bonds is 10. The molecule has 0 radical (unpaired) electrons. The van der Waals surface area contributed by atoms with E-state index in [0.717, 1.165) is 6.07 Å². The first kappa shape index (κ1) is 21.4. The molecular formula is C17H25N3O6. The maximum atomic E-state index is 12.3. The number of methoxy groups -OCH3 is 1. The number of benzene rings is 1. The van der Waals surface area contributed by atoms with E-state index in [0.29, 0.717) is 25.3 Å². The van der Waals surface area contributed by atoms with Crippen LogP contribution in [0.3, 0.4) is 0 Å². The van der Waals surface area contributed by atoms with E-state index in [-0.39, 0.29) is 11.3 Å². The summed E-state index contributed by atoms with van der Waals surface area (Å²) in [6.45, 7) is 5.95. The first-order chi connectivity index (χ1) is 12.2. The number of carbonyl (C=O) groups is 2. The lowest BCUT2D eigenvalue weighted by atomic mass is 10.0. The molecule has 0 fully saturated rings. The van der Waals surface area contributed by atoms with Crippen LogP contribution in [0.5, 0.6) is 0 Å². The van der Waals surface area contributed by atoms with Crippen LogP contribution in [0.2, 0.25) is 0 Å². The van der Waals surface area contributed by atoms with Gasteiger partial charge in [-0.05, 0) is 26.3 Å². The first-order valence-corrected chi connectivity index (χ1v) is 8.19. The number of esters is 1. The van der Waals surface area contributed by atoms with Crippen LogP contribution in [-0.4, -0.2) is 49.2 Å². The summed E-state index contributed by atoms with van der Waals surface area (Å²) >= 11 is 0. The zero-order valence-corrected chi connectivity index (χ0v) is 15.5. The highest BCUT2D eigenvalue weighted by atomic mass is 16.6. The van der Waals surface area contributed by atoms with Gasteiger partial charge < -0.3 is 20.1 Å². The Balaban J connectivity index is 2.85. The fourth-order valence-corrected chi connectivity index (χ4v) is 1.97. The van der Waals surface area contributed by atoms with Gasteiger partial charge in [-0.1, -0.05) is 6.92 Å². The lowest BCUT2D eigenvalue weighted by Gasteiger charge is -2.24. The van der Waals surface area contributed by atoms with Crippen molar-refractivity contribution in [3.63, 3.8) is 0 Å². The standard InChI is InChI=1S/C17H25N3O6/c1-5-17(2,3)19-15(21)11-26-16(22)13-10-12(20(23)24)6-7-14(13)18-8-9-25-4/h6-7,10,18H,5,8-9,11H2,1-4H3,(H,19,21). The first-order valence-electron chi connectivity index (χ1n) is 8.19. The lowest BCUT2D eigenvalue weighted by Crippen LogP contribution is -2.44. The Kier molecular flexibility index (Phi) is 7.98. The number of amides is 1. The zero-order valence-electron chi connectivity index (χ0n) is 15.5. The van der Waals surface area contributed by atoms with Gasteiger partial charge in [-0.3, -0.25) is 14.9 Å². The Labute approximate surface area is 152 Å². The molecule has 0 aromatic heterocycles. The summed E-state index contributed by atoms with van der Waals surface area (Å²) in [6.07, 6.45) is 0.713. The van der Waals surface area contributed by atoms with E-state index >= 15 is 0 Å². The topological polar surface area (TPSA) is 120 Å². The van der Waals surface area contributed by atoms with Gasteiger partial charge in [0.2, 0.25) is 0 Å². The average molecular weight is 367 g/mol. The molecule has 0 heterocycles. The average Bonchev–Trinajstić information content (AvgIpc) is 2.59. The van der Waals surface area contributed by atoms with Crippen molar-refractivity contribution in [1.29, 1.82) is 0 Å². The highest BCUT2D eigenvalue weighted by Gasteiger charge is 2.21. The Morgan fingerprint density at radius 2 is 2.00 bits per heavy atom. The second-order valence-electron chi connectivity index (χ2n) is 6.27. The third-order valence-electron chi connectivity index (χ3n) is 3.75. The highest BCUT2D eigenvalue weighted by molar-refractivity contribution is 5.97. The third-order valence-corrected chi connectivity index (χ3v) is 3.75. The number of anilines is 1. The van der Waals surface area contributed by atoms with Crippen molar-refractivity contribution in [1.82, 2.24) is 5.32 Å². The van der Waals surface area contributed by atoms with Crippen molar-refractivity contribution in [2.24, 2.45) is 0 Å². The molecular weight excluding hydrogens is 342 g/mol. The smallest absolute Gasteiger partial charge is 0.341 e. The van der Waals surface area contributed by atoms with Gasteiger partial charge in [-0.15, -0.1) is 0 Å². The lowest BCUT2D eigenvalue weighted by molar-refractivity contribution is -0.384. The molecule has 0 saturated carbocycles. The molecule has 1 amide bonds. The molecule has 1 aromatic carbocycles. The van der Waals surface area contributed by atoms with Gasteiger partial charge in [-0.2, -0.15) is 0 Å². The molecule has 1 aromatic rings. The molecule has 9 nitrogen and oxygen atoms in total. The Hall–Kier alpha value is -2.68. The van der Waals surface area contributed by atoms with Crippen LogP contribution in [0.25, 0.3) is 0 Å². The van der Waals surface area contributed by atoms with Crippen LogP contribution in [0.4, 0.5) is 11.4 Å². The molecule has 0 aliphatic carbocycles. The molecule has 1 rings (SSSR count). The maximum absolute atomic E-state index is 12.3. The number of ether oxygens (including phenoxy) is 2. The SMILES string of the molecule is CCC(C)(C)NC(=O)COC(=O)c1cc([N+](=O)[O-])ccc1NCCOC. The minimum Gasteiger partial charge on any atom is -0.452 e. The van der Waals surface area contributed by atoms with Crippen LogP contribution >= 0.6 is 0 Å². The van der Waals surface area contributed by atoms with Crippen molar-refractivity contribution in [2.75, 3.05) is 32.2 Å². The molecule has 9 heteroatoms. The molecule has 2 N–H and O–H groups in total. The summed E-state index contributed by atoms with van der Waals surface area (Å²) in [5.41, 5.74) is -0.308. The number of hydrogen-bond donors (Lipinski definition) is 2. The van der Waals surface area contributed by atoms with E-state index in [1.807, 2.05) is 20.8 Å². The summed E-state index contributed by atoms with van der Waals surface area (Å²) in [6, 6.07) is 3.82. The van der Waals surface area contributed by atoms with E-state index in [4.69, 9.17) is 9.47 Å². The number of nitro groups is 1. The minimum absolute atomic E-state index is 0.0159. The van der Waals surface area contributed by atoms with Crippen molar-refractivity contribution in [3.8, 4) is 0 Å². The predicted octanol–water partition coefficient (Wildman–Crippen LogP) is 2.11. The van der Waals surface area contributed by atoms with Gasteiger partial charge in [0, 0.05) is 37.0 Å². The van der Waals surface area contributed by atoms with Gasteiger partial charge in [0.15, 0.2) is 6.61 Å². The van der Waals surface area contributed by atoms with Crippen LogP contribution in [-0.2, 0) is 14.3 Å². The normalized spacial score (nSPS) is 10.9. The molecule has 0 aliphatic rings. The predicted molar refractivity (Wildman–Crippen MR) is 96.3 cm³/mol. The van der Waals surface area contributed by atoms with E-state index < -0.39 is 28.9 Å². The number of carbonyl (C=O) groups excluding carboxylic acids is 2. The van der Waals surface area contributed by atoms with Crippen molar-refractivity contribution < 1.29 is 24.0 Å². The number of hydrogen-bond acceptors (Lipinski definition) is 7. The van der Waals surface area contributed by atoms with Gasteiger partial charge in [0.1, 0.15) is 0 Å². The quantitative estimate of drug-likeness (QED) is 0.281. The van der Waals surface area contributed by atoms with Crippen LogP contribution in [0.1, 0.15) is 37.6 Å². The second kappa shape index (κ2) is 9.71. The van der Waals surface area contributed by atoms with Gasteiger partial charge in [0.25, 0.3) is 11.6 Å². The second-order valence-corrected chi connectivity index (χ2v) is 6.27. The summed E-state index contributed by atoms with van der Waals surface area (Å²) in [5, 5.41) is 16.6. The molecule has 0 spiro atoms. The highest BCUT2D eigenvalue weighted by Crippen LogP contribution is 2.23.